The van der Waals surface area contributed by atoms with Crippen molar-refractivity contribution in [3.8, 4) is 0 Å². The lowest BCUT2D eigenvalue weighted by Crippen LogP contribution is -2.28. The topological polar surface area (TPSA) is 26.3 Å². The van der Waals surface area contributed by atoms with E-state index in [1.807, 2.05) is 27.7 Å². The third-order valence-corrected chi connectivity index (χ3v) is 1.51. The van der Waals surface area contributed by atoms with Gasteiger partial charge >= 0.3 is 5.97 Å². The van der Waals surface area contributed by atoms with Crippen LogP contribution in [-0.2, 0) is 9.53 Å². The van der Waals surface area contributed by atoms with Crippen molar-refractivity contribution in [3.63, 3.8) is 0 Å². The van der Waals surface area contributed by atoms with E-state index in [2.05, 4.69) is 0 Å². The van der Waals surface area contributed by atoms with E-state index in [1.54, 1.807) is 0 Å². The van der Waals surface area contributed by atoms with Crippen LogP contribution in [0.15, 0.2) is 0 Å². The van der Waals surface area contributed by atoms with E-state index in [9.17, 15) is 4.79 Å². The van der Waals surface area contributed by atoms with Gasteiger partial charge in [0.05, 0.1) is 0 Å². The van der Waals surface area contributed by atoms with Crippen LogP contribution in [-0.4, -0.2) is 16.9 Å². The van der Waals surface area contributed by atoms with Gasteiger partial charge in [-0.15, -0.1) is 11.6 Å². The van der Waals surface area contributed by atoms with Crippen LogP contribution in [0.3, 0.4) is 0 Å². The van der Waals surface area contributed by atoms with Gasteiger partial charge in [0.1, 0.15) is 11.0 Å². The zero-order valence-corrected chi connectivity index (χ0v) is 8.23. The molecule has 0 heterocycles. The molecule has 0 aromatic rings. The Morgan fingerprint density at radius 2 is 2.00 bits per heavy atom. The first-order valence-electron chi connectivity index (χ1n) is 3.73. The standard InChI is InChI=1S/C8H15ClO2/c1-5-6(9)7(10)11-8(2,3)4/h6H,5H2,1-4H3. The van der Waals surface area contributed by atoms with Crippen molar-refractivity contribution in [1.82, 2.24) is 0 Å². The molecule has 0 aliphatic rings. The predicted octanol–water partition coefficient (Wildman–Crippen LogP) is 2.35. The Balaban J connectivity index is 3.88. The van der Waals surface area contributed by atoms with Gasteiger partial charge in [0.25, 0.3) is 0 Å². The first kappa shape index (κ1) is 10.8. The third-order valence-electron chi connectivity index (χ3n) is 1.02. The summed E-state index contributed by atoms with van der Waals surface area (Å²) in [6, 6.07) is 0. The monoisotopic (exact) mass is 178 g/mol. The maximum Gasteiger partial charge on any atom is 0.324 e. The highest BCUT2D eigenvalue weighted by atomic mass is 35.5. The fraction of sp³-hybridized carbons (Fsp3) is 0.875. The van der Waals surface area contributed by atoms with E-state index in [4.69, 9.17) is 16.3 Å². The van der Waals surface area contributed by atoms with Crippen LogP contribution in [0.4, 0.5) is 0 Å². The van der Waals surface area contributed by atoms with E-state index < -0.39 is 11.0 Å². The minimum atomic E-state index is -0.505. The molecule has 0 saturated heterocycles. The van der Waals surface area contributed by atoms with Crippen LogP contribution in [0.25, 0.3) is 0 Å². The van der Waals surface area contributed by atoms with Crippen LogP contribution in [0, 0.1) is 0 Å². The number of esters is 1. The molecule has 0 aliphatic heterocycles. The Hall–Kier alpha value is -0.240. The Bertz CT molecular complexity index is 138. The second-order valence-electron chi connectivity index (χ2n) is 3.41. The largest absolute Gasteiger partial charge is 0.459 e. The first-order valence-corrected chi connectivity index (χ1v) is 4.17. The summed E-state index contributed by atoms with van der Waals surface area (Å²) in [7, 11) is 0. The number of hydrogen-bond acceptors (Lipinski definition) is 2. The van der Waals surface area contributed by atoms with Crippen molar-refractivity contribution in [2.75, 3.05) is 0 Å². The van der Waals surface area contributed by atoms with Crippen molar-refractivity contribution >= 4 is 17.6 Å². The van der Waals surface area contributed by atoms with E-state index in [0.717, 1.165) is 0 Å². The van der Waals surface area contributed by atoms with E-state index in [-0.39, 0.29) is 5.97 Å². The van der Waals surface area contributed by atoms with Gasteiger partial charge in [0, 0.05) is 0 Å². The Kier molecular flexibility index (Phi) is 3.87. The maximum atomic E-state index is 11.0. The molecule has 0 rings (SSSR count). The second-order valence-corrected chi connectivity index (χ2v) is 3.94. The number of hydrogen-bond donors (Lipinski definition) is 0. The lowest BCUT2D eigenvalue weighted by Gasteiger charge is -2.20. The van der Waals surface area contributed by atoms with Crippen molar-refractivity contribution in [2.45, 2.75) is 45.1 Å². The fourth-order valence-corrected chi connectivity index (χ4v) is 0.577. The zero-order valence-electron chi connectivity index (χ0n) is 7.48. The molecule has 0 aliphatic carbocycles. The van der Waals surface area contributed by atoms with E-state index in [0.29, 0.717) is 6.42 Å². The summed E-state index contributed by atoms with van der Waals surface area (Å²) in [6.07, 6.45) is 0.608. The Morgan fingerprint density at radius 1 is 1.55 bits per heavy atom. The number of ether oxygens (including phenoxy) is 1. The molecule has 66 valence electrons. The summed E-state index contributed by atoms with van der Waals surface area (Å²) in [4.78, 5) is 11.0. The molecule has 0 fully saturated rings. The molecule has 0 aromatic heterocycles. The number of carbonyl (C=O) groups is 1. The third kappa shape index (κ3) is 5.08. The summed E-state index contributed by atoms with van der Waals surface area (Å²) in [6.45, 7) is 7.32. The smallest absolute Gasteiger partial charge is 0.324 e. The number of alkyl halides is 1. The molecule has 1 atom stereocenters. The molecule has 0 bridgehead atoms. The summed E-state index contributed by atoms with van der Waals surface area (Å²) < 4.78 is 5.02. The second kappa shape index (κ2) is 3.96. The van der Waals surface area contributed by atoms with Gasteiger partial charge in [-0.3, -0.25) is 4.79 Å². The number of halogens is 1. The lowest BCUT2D eigenvalue weighted by atomic mass is 10.2. The average Bonchev–Trinajstić information content (AvgIpc) is 1.82. The molecule has 0 amide bonds. The van der Waals surface area contributed by atoms with Crippen molar-refractivity contribution in [1.29, 1.82) is 0 Å². The molecule has 11 heavy (non-hydrogen) atoms. The van der Waals surface area contributed by atoms with Crippen molar-refractivity contribution in [2.24, 2.45) is 0 Å². The van der Waals surface area contributed by atoms with Crippen molar-refractivity contribution < 1.29 is 9.53 Å². The SMILES string of the molecule is CCC(Cl)C(=O)OC(C)(C)C. The van der Waals surface area contributed by atoms with Crippen LogP contribution in [0.5, 0.6) is 0 Å². The molecule has 0 radical (unpaired) electrons. The molecule has 0 spiro atoms. The molecule has 0 N–H and O–H groups in total. The molecular formula is C8H15ClO2. The Morgan fingerprint density at radius 3 is 2.27 bits per heavy atom. The predicted molar refractivity (Wildman–Crippen MR) is 45.8 cm³/mol. The van der Waals surface area contributed by atoms with Crippen LogP contribution >= 0.6 is 11.6 Å². The normalized spacial score (nSPS) is 14.3. The van der Waals surface area contributed by atoms with Crippen LogP contribution in [0.1, 0.15) is 34.1 Å². The average molecular weight is 179 g/mol. The fourth-order valence-electron chi connectivity index (χ4n) is 0.532. The highest BCUT2D eigenvalue weighted by Crippen LogP contribution is 2.12. The summed E-state index contributed by atoms with van der Waals surface area (Å²) in [5, 5.41) is -0.505. The molecule has 0 saturated carbocycles. The van der Waals surface area contributed by atoms with Gasteiger partial charge in [-0.05, 0) is 27.2 Å². The van der Waals surface area contributed by atoms with Gasteiger partial charge in [0.2, 0.25) is 0 Å². The van der Waals surface area contributed by atoms with Gasteiger partial charge in [-0.1, -0.05) is 6.92 Å². The summed E-state index contributed by atoms with van der Waals surface area (Å²) in [5.74, 6) is -0.332. The maximum absolute atomic E-state index is 11.0. The van der Waals surface area contributed by atoms with Gasteiger partial charge in [0.15, 0.2) is 0 Å². The van der Waals surface area contributed by atoms with Crippen molar-refractivity contribution in [3.05, 3.63) is 0 Å². The highest BCUT2D eigenvalue weighted by Gasteiger charge is 2.21. The highest BCUT2D eigenvalue weighted by molar-refractivity contribution is 6.29. The number of rotatable bonds is 2. The van der Waals surface area contributed by atoms with E-state index >= 15 is 0 Å². The minimum absolute atomic E-state index is 0.332. The van der Waals surface area contributed by atoms with Crippen LogP contribution in [0.2, 0.25) is 0 Å². The lowest BCUT2D eigenvalue weighted by molar-refractivity contribution is -0.154. The summed E-state index contributed by atoms with van der Waals surface area (Å²) in [5.41, 5.74) is -0.431. The van der Waals surface area contributed by atoms with E-state index in [1.165, 1.54) is 0 Å². The molecule has 0 aromatic carbocycles. The van der Waals surface area contributed by atoms with Gasteiger partial charge in [-0.25, -0.2) is 0 Å². The van der Waals surface area contributed by atoms with Crippen LogP contribution < -0.4 is 0 Å². The molecule has 2 nitrogen and oxygen atoms in total. The molecule has 3 heteroatoms. The van der Waals surface area contributed by atoms with Gasteiger partial charge < -0.3 is 4.74 Å². The zero-order chi connectivity index (χ0) is 9.07. The molecule has 1 unspecified atom stereocenters. The quantitative estimate of drug-likeness (QED) is 0.479. The first-order chi connectivity index (χ1) is 4.87. The molecular weight excluding hydrogens is 164 g/mol. The minimum Gasteiger partial charge on any atom is -0.459 e. The number of carbonyl (C=O) groups excluding carboxylic acids is 1. The van der Waals surface area contributed by atoms with Gasteiger partial charge in [-0.2, -0.15) is 0 Å². The Labute approximate surface area is 72.9 Å². The summed E-state index contributed by atoms with van der Waals surface area (Å²) >= 11 is 5.65.